The maximum atomic E-state index is 11.9. The number of hydrogen-bond donors (Lipinski definition) is 1. The van der Waals surface area contributed by atoms with Gasteiger partial charge in [-0.1, -0.05) is 24.3 Å². The van der Waals surface area contributed by atoms with Gasteiger partial charge in [0.15, 0.2) is 11.5 Å². The van der Waals surface area contributed by atoms with Gasteiger partial charge in [-0.05, 0) is 48.2 Å². The molecular formula is C22H20N2O4. The van der Waals surface area contributed by atoms with Crippen molar-refractivity contribution < 1.29 is 19.4 Å². The summed E-state index contributed by atoms with van der Waals surface area (Å²) in [5, 5.41) is 10.8. The molecule has 1 fully saturated rings. The number of aromatic nitrogens is 1. The molecule has 3 heterocycles. The number of ether oxygens (including phenoxy) is 2. The molecule has 2 unspecified atom stereocenters. The standard InChI is InChI=1S/C22H20N2O4/c25-22(26)18-6-3-9-24(18)21(15-7-8-19-20(11-15)28-13-27-19)16-10-14-4-1-2-5-17(14)23-12-16/h1-2,4-5,7-8,10-12,18,21H,3,6,9,13H2,(H,25,26). The molecule has 2 aliphatic rings. The van der Waals surface area contributed by atoms with Crippen LogP contribution in [0.4, 0.5) is 0 Å². The van der Waals surface area contributed by atoms with Gasteiger partial charge in [0.1, 0.15) is 6.04 Å². The van der Waals surface area contributed by atoms with E-state index < -0.39 is 12.0 Å². The molecule has 0 aliphatic carbocycles. The number of para-hydroxylation sites is 1. The molecule has 6 nitrogen and oxygen atoms in total. The molecule has 28 heavy (non-hydrogen) atoms. The quantitative estimate of drug-likeness (QED) is 0.750. The fourth-order valence-corrected chi connectivity index (χ4v) is 4.26. The van der Waals surface area contributed by atoms with Gasteiger partial charge in [0.2, 0.25) is 6.79 Å². The van der Waals surface area contributed by atoms with E-state index in [1.165, 1.54) is 0 Å². The Labute approximate surface area is 162 Å². The van der Waals surface area contributed by atoms with E-state index in [1.54, 1.807) is 0 Å². The predicted octanol–water partition coefficient (Wildman–Crippen LogP) is 3.60. The minimum atomic E-state index is -0.781. The summed E-state index contributed by atoms with van der Waals surface area (Å²) in [7, 11) is 0. The van der Waals surface area contributed by atoms with Crippen LogP contribution in [0.2, 0.25) is 0 Å². The van der Waals surface area contributed by atoms with Crippen molar-refractivity contribution in [2.24, 2.45) is 0 Å². The number of likely N-dealkylation sites (tertiary alicyclic amines) is 1. The number of carbonyl (C=O) groups is 1. The first-order valence-electron chi connectivity index (χ1n) is 9.43. The fourth-order valence-electron chi connectivity index (χ4n) is 4.26. The van der Waals surface area contributed by atoms with E-state index in [0.717, 1.165) is 40.7 Å². The van der Waals surface area contributed by atoms with Crippen LogP contribution in [0, 0.1) is 0 Å². The average Bonchev–Trinajstić information content (AvgIpc) is 3.37. The highest BCUT2D eigenvalue weighted by atomic mass is 16.7. The van der Waals surface area contributed by atoms with Gasteiger partial charge >= 0.3 is 5.97 Å². The SMILES string of the molecule is O=C(O)C1CCCN1C(c1ccc2c(c1)OCO2)c1cnc2ccccc2c1. The molecule has 2 aliphatic heterocycles. The summed E-state index contributed by atoms with van der Waals surface area (Å²) in [6.45, 7) is 0.936. The number of carboxylic acid groups (broad SMARTS) is 1. The highest BCUT2D eigenvalue weighted by Gasteiger charge is 2.37. The van der Waals surface area contributed by atoms with Crippen LogP contribution < -0.4 is 9.47 Å². The van der Waals surface area contributed by atoms with Crippen LogP contribution >= 0.6 is 0 Å². The molecular weight excluding hydrogens is 356 g/mol. The first kappa shape index (κ1) is 17.0. The maximum absolute atomic E-state index is 11.9. The zero-order chi connectivity index (χ0) is 19.1. The molecule has 0 bridgehead atoms. The minimum absolute atomic E-state index is 0.211. The summed E-state index contributed by atoms with van der Waals surface area (Å²) in [6.07, 6.45) is 3.37. The van der Waals surface area contributed by atoms with Crippen LogP contribution in [-0.2, 0) is 4.79 Å². The van der Waals surface area contributed by atoms with Crippen LogP contribution in [0.15, 0.2) is 54.7 Å². The van der Waals surface area contributed by atoms with E-state index in [9.17, 15) is 9.90 Å². The Hall–Kier alpha value is -3.12. The lowest BCUT2D eigenvalue weighted by molar-refractivity contribution is -0.142. The van der Waals surface area contributed by atoms with E-state index in [0.29, 0.717) is 12.2 Å². The Balaban J connectivity index is 1.64. The van der Waals surface area contributed by atoms with Crippen molar-refractivity contribution >= 4 is 16.9 Å². The Morgan fingerprint density at radius 3 is 2.86 bits per heavy atom. The van der Waals surface area contributed by atoms with E-state index in [-0.39, 0.29) is 12.8 Å². The summed E-state index contributed by atoms with van der Waals surface area (Å²) < 4.78 is 11.0. The molecule has 0 radical (unpaired) electrons. The summed E-state index contributed by atoms with van der Waals surface area (Å²) in [5.74, 6) is 0.634. The third-order valence-corrected chi connectivity index (χ3v) is 5.55. The van der Waals surface area contributed by atoms with Crippen LogP contribution in [0.25, 0.3) is 10.9 Å². The van der Waals surface area contributed by atoms with Gasteiger partial charge in [0, 0.05) is 18.1 Å². The smallest absolute Gasteiger partial charge is 0.320 e. The summed E-state index contributed by atoms with van der Waals surface area (Å²) in [4.78, 5) is 18.5. The number of hydrogen-bond acceptors (Lipinski definition) is 5. The van der Waals surface area contributed by atoms with Gasteiger partial charge in [0.05, 0.1) is 11.6 Å². The van der Waals surface area contributed by atoms with Crippen LogP contribution in [-0.4, -0.2) is 40.3 Å². The lowest BCUT2D eigenvalue weighted by Gasteiger charge is -2.32. The molecule has 142 valence electrons. The number of nitrogens with zero attached hydrogens (tertiary/aromatic N) is 2. The minimum Gasteiger partial charge on any atom is -0.480 e. The molecule has 0 saturated carbocycles. The first-order valence-corrected chi connectivity index (χ1v) is 9.43. The second-order valence-corrected chi connectivity index (χ2v) is 7.21. The zero-order valence-corrected chi connectivity index (χ0v) is 15.2. The Morgan fingerprint density at radius 2 is 1.96 bits per heavy atom. The largest absolute Gasteiger partial charge is 0.480 e. The number of aliphatic carboxylic acids is 1. The first-order chi connectivity index (χ1) is 13.7. The van der Waals surface area contributed by atoms with Crippen LogP contribution in [0.3, 0.4) is 0 Å². The predicted molar refractivity (Wildman–Crippen MR) is 104 cm³/mol. The number of rotatable bonds is 4. The second-order valence-electron chi connectivity index (χ2n) is 7.21. The average molecular weight is 376 g/mol. The number of pyridine rings is 1. The molecule has 2 atom stereocenters. The van der Waals surface area contributed by atoms with Gasteiger partial charge < -0.3 is 14.6 Å². The molecule has 6 heteroatoms. The Kier molecular flexibility index (Phi) is 4.13. The van der Waals surface area contributed by atoms with E-state index in [2.05, 4.69) is 16.0 Å². The molecule has 3 aromatic rings. The lowest BCUT2D eigenvalue weighted by Crippen LogP contribution is -2.39. The number of benzene rings is 2. The molecule has 0 spiro atoms. The van der Waals surface area contributed by atoms with Crippen molar-refractivity contribution in [1.29, 1.82) is 0 Å². The van der Waals surface area contributed by atoms with Crippen molar-refractivity contribution in [3.05, 3.63) is 65.9 Å². The van der Waals surface area contributed by atoms with Crippen LogP contribution in [0.5, 0.6) is 11.5 Å². The van der Waals surface area contributed by atoms with E-state index in [4.69, 9.17) is 9.47 Å². The summed E-state index contributed by atoms with van der Waals surface area (Å²) >= 11 is 0. The summed E-state index contributed by atoms with van der Waals surface area (Å²) in [5.41, 5.74) is 2.88. The fraction of sp³-hybridized carbons (Fsp3) is 0.273. The molecule has 0 amide bonds. The molecule has 2 aromatic carbocycles. The van der Waals surface area contributed by atoms with Crippen molar-refractivity contribution in [3.8, 4) is 11.5 Å². The van der Waals surface area contributed by atoms with Gasteiger partial charge in [-0.15, -0.1) is 0 Å². The third kappa shape index (κ3) is 2.86. The van der Waals surface area contributed by atoms with Crippen molar-refractivity contribution in [2.45, 2.75) is 24.9 Å². The number of fused-ring (bicyclic) bond motifs is 2. The van der Waals surface area contributed by atoms with Gasteiger partial charge in [-0.25, -0.2) is 0 Å². The van der Waals surface area contributed by atoms with E-state index in [1.807, 2.05) is 48.7 Å². The van der Waals surface area contributed by atoms with E-state index >= 15 is 0 Å². The van der Waals surface area contributed by atoms with Gasteiger partial charge in [-0.2, -0.15) is 0 Å². The van der Waals surface area contributed by atoms with Crippen molar-refractivity contribution in [2.75, 3.05) is 13.3 Å². The van der Waals surface area contributed by atoms with Crippen molar-refractivity contribution in [1.82, 2.24) is 9.88 Å². The normalized spacial score (nSPS) is 19.8. The monoisotopic (exact) mass is 376 g/mol. The van der Waals surface area contributed by atoms with Gasteiger partial charge in [-0.3, -0.25) is 14.7 Å². The van der Waals surface area contributed by atoms with Gasteiger partial charge in [0.25, 0.3) is 0 Å². The highest BCUT2D eigenvalue weighted by Crippen LogP contribution is 2.40. The number of carboxylic acids is 1. The Morgan fingerprint density at radius 1 is 1.11 bits per heavy atom. The zero-order valence-electron chi connectivity index (χ0n) is 15.2. The highest BCUT2D eigenvalue weighted by molar-refractivity contribution is 5.79. The van der Waals surface area contributed by atoms with Crippen molar-refractivity contribution in [3.63, 3.8) is 0 Å². The third-order valence-electron chi connectivity index (χ3n) is 5.55. The van der Waals surface area contributed by atoms with Crippen LogP contribution in [0.1, 0.15) is 30.0 Å². The second kappa shape index (κ2) is 6.80. The molecule has 5 rings (SSSR count). The molecule has 1 saturated heterocycles. The summed E-state index contributed by atoms with van der Waals surface area (Å²) in [6, 6.07) is 15.2. The molecule has 1 N–H and O–H groups in total. The Bertz CT molecular complexity index is 1050. The lowest BCUT2D eigenvalue weighted by atomic mass is 9.96. The molecule has 1 aromatic heterocycles. The topological polar surface area (TPSA) is 71.9 Å². The maximum Gasteiger partial charge on any atom is 0.320 e.